The van der Waals surface area contributed by atoms with Crippen molar-refractivity contribution in [1.82, 2.24) is 0 Å². The van der Waals surface area contributed by atoms with E-state index in [1.54, 1.807) is 0 Å². The lowest BCUT2D eigenvalue weighted by atomic mass is 9.68. The molecule has 2 saturated carbocycles. The van der Waals surface area contributed by atoms with E-state index in [1.165, 1.54) is 38.5 Å². The highest BCUT2D eigenvalue weighted by molar-refractivity contribution is 6.33. The molecule has 0 amide bonds. The lowest BCUT2D eigenvalue weighted by Crippen LogP contribution is -2.38. The summed E-state index contributed by atoms with van der Waals surface area (Å²) in [4.78, 5) is 10.2. The second kappa shape index (κ2) is 6.47. The smallest absolute Gasteiger partial charge is 0.324 e. The van der Waals surface area contributed by atoms with Gasteiger partial charge in [0.1, 0.15) is 4.87 Å². The van der Waals surface area contributed by atoms with E-state index >= 15 is 0 Å². The molecule has 0 saturated heterocycles. The molecule has 0 heterocycles. The predicted molar refractivity (Wildman–Crippen MR) is 78.5 cm³/mol. The number of rotatable bonds is 4. The van der Waals surface area contributed by atoms with Gasteiger partial charge in [0.2, 0.25) is 0 Å². The van der Waals surface area contributed by atoms with Crippen molar-refractivity contribution in [2.45, 2.75) is 76.0 Å². The standard InChI is InChI=1S/C16H27ClO2/c1-2-3-12-4-6-13(7-5-12)14-8-10-16(17,11-9-14)15(18)19/h12-14H,2-11H2,1H3,(H,18,19). The van der Waals surface area contributed by atoms with Crippen LogP contribution in [0.2, 0.25) is 0 Å². The lowest BCUT2D eigenvalue weighted by molar-refractivity contribution is -0.141. The van der Waals surface area contributed by atoms with E-state index < -0.39 is 10.8 Å². The van der Waals surface area contributed by atoms with Gasteiger partial charge in [-0.25, -0.2) is 0 Å². The van der Waals surface area contributed by atoms with Gasteiger partial charge in [-0.1, -0.05) is 32.6 Å². The van der Waals surface area contributed by atoms with Crippen molar-refractivity contribution in [3.63, 3.8) is 0 Å². The molecule has 0 aromatic rings. The van der Waals surface area contributed by atoms with E-state index in [4.69, 9.17) is 16.7 Å². The average molecular weight is 287 g/mol. The van der Waals surface area contributed by atoms with E-state index in [1.807, 2.05) is 0 Å². The summed E-state index contributed by atoms with van der Waals surface area (Å²) in [6.45, 7) is 2.28. The van der Waals surface area contributed by atoms with E-state index in [0.29, 0.717) is 12.8 Å². The second-order valence-corrected chi connectivity index (χ2v) is 7.40. The zero-order chi connectivity index (χ0) is 13.9. The maximum Gasteiger partial charge on any atom is 0.324 e. The molecule has 110 valence electrons. The van der Waals surface area contributed by atoms with Gasteiger partial charge in [0.05, 0.1) is 0 Å². The Balaban J connectivity index is 1.78. The van der Waals surface area contributed by atoms with Crippen LogP contribution in [-0.2, 0) is 4.79 Å². The van der Waals surface area contributed by atoms with Crippen LogP contribution in [0.5, 0.6) is 0 Å². The van der Waals surface area contributed by atoms with Crippen LogP contribution in [0.4, 0.5) is 0 Å². The van der Waals surface area contributed by atoms with Crippen LogP contribution in [0, 0.1) is 17.8 Å². The Labute approximate surface area is 121 Å². The Bertz CT molecular complexity index is 300. The second-order valence-electron chi connectivity index (χ2n) is 6.68. The zero-order valence-corrected chi connectivity index (χ0v) is 12.8. The first kappa shape index (κ1) is 15.2. The molecule has 0 radical (unpaired) electrons. The minimum atomic E-state index is -0.962. The van der Waals surface area contributed by atoms with Crippen molar-refractivity contribution < 1.29 is 9.90 Å². The number of carbonyl (C=O) groups is 1. The first-order valence-corrected chi connectivity index (χ1v) is 8.35. The molecule has 0 atom stereocenters. The molecule has 0 aromatic carbocycles. The van der Waals surface area contributed by atoms with Gasteiger partial charge in [-0.3, -0.25) is 4.79 Å². The van der Waals surface area contributed by atoms with Crippen LogP contribution >= 0.6 is 11.6 Å². The Morgan fingerprint density at radius 1 is 1.11 bits per heavy atom. The number of halogens is 1. The molecule has 19 heavy (non-hydrogen) atoms. The Morgan fingerprint density at radius 3 is 2.11 bits per heavy atom. The van der Waals surface area contributed by atoms with Crippen molar-refractivity contribution in [3.05, 3.63) is 0 Å². The normalized spacial score (nSPS) is 40.0. The topological polar surface area (TPSA) is 37.3 Å². The molecule has 2 nitrogen and oxygen atoms in total. The van der Waals surface area contributed by atoms with E-state index in [9.17, 15) is 4.79 Å². The summed E-state index contributed by atoms with van der Waals surface area (Å²) >= 11 is 6.18. The summed E-state index contributed by atoms with van der Waals surface area (Å²) in [5, 5.41) is 9.16. The third-order valence-corrected chi connectivity index (χ3v) is 6.00. The number of hydrogen-bond acceptors (Lipinski definition) is 1. The number of hydrogen-bond donors (Lipinski definition) is 1. The minimum absolute atomic E-state index is 0.656. The van der Waals surface area contributed by atoms with E-state index in [-0.39, 0.29) is 0 Å². The highest BCUT2D eigenvalue weighted by Gasteiger charge is 2.42. The van der Waals surface area contributed by atoms with Gasteiger partial charge < -0.3 is 5.11 Å². The molecule has 2 aliphatic rings. The minimum Gasteiger partial charge on any atom is -0.480 e. The fourth-order valence-electron chi connectivity index (χ4n) is 4.14. The zero-order valence-electron chi connectivity index (χ0n) is 12.0. The molecule has 2 rings (SSSR count). The molecular formula is C16H27ClO2. The van der Waals surface area contributed by atoms with Crippen LogP contribution in [-0.4, -0.2) is 16.0 Å². The van der Waals surface area contributed by atoms with Crippen LogP contribution in [0.15, 0.2) is 0 Å². The SMILES string of the molecule is CCCC1CCC(C2CCC(Cl)(C(=O)O)CC2)CC1. The third kappa shape index (κ3) is 3.65. The van der Waals surface area contributed by atoms with Gasteiger partial charge in [0.15, 0.2) is 0 Å². The maximum absolute atomic E-state index is 11.1. The van der Waals surface area contributed by atoms with Crippen LogP contribution < -0.4 is 0 Å². The van der Waals surface area contributed by atoms with Gasteiger partial charge in [-0.15, -0.1) is 11.6 Å². The molecule has 2 aliphatic carbocycles. The van der Waals surface area contributed by atoms with E-state index in [2.05, 4.69) is 6.92 Å². The van der Waals surface area contributed by atoms with Gasteiger partial charge in [0.25, 0.3) is 0 Å². The van der Waals surface area contributed by atoms with Crippen molar-refractivity contribution >= 4 is 17.6 Å². The molecule has 1 N–H and O–H groups in total. The fourth-order valence-corrected chi connectivity index (χ4v) is 4.36. The Hall–Kier alpha value is -0.240. The van der Waals surface area contributed by atoms with Crippen LogP contribution in [0.25, 0.3) is 0 Å². The molecular weight excluding hydrogens is 260 g/mol. The van der Waals surface area contributed by atoms with Crippen LogP contribution in [0.3, 0.4) is 0 Å². The predicted octanol–water partition coefficient (Wildman–Crippen LogP) is 4.85. The summed E-state index contributed by atoms with van der Waals surface area (Å²) in [7, 11) is 0. The average Bonchev–Trinajstić information content (AvgIpc) is 2.41. The molecule has 0 aliphatic heterocycles. The van der Waals surface area contributed by atoms with Gasteiger partial charge in [-0.2, -0.15) is 0 Å². The molecule has 2 fully saturated rings. The van der Waals surface area contributed by atoms with E-state index in [0.717, 1.165) is 30.6 Å². The number of aliphatic carboxylic acids is 1. The molecule has 3 heteroatoms. The summed E-state index contributed by atoms with van der Waals surface area (Å²) < 4.78 is 0. The third-order valence-electron chi connectivity index (χ3n) is 5.46. The molecule has 0 spiro atoms. The van der Waals surface area contributed by atoms with Crippen molar-refractivity contribution in [2.75, 3.05) is 0 Å². The summed E-state index contributed by atoms with van der Waals surface area (Å²) in [5.41, 5.74) is 0. The maximum atomic E-state index is 11.1. The number of alkyl halides is 1. The lowest BCUT2D eigenvalue weighted by Gasteiger charge is -2.39. The highest BCUT2D eigenvalue weighted by atomic mass is 35.5. The highest BCUT2D eigenvalue weighted by Crippen LogP contribution is 2.45. The summed E-state index contributed by atoms with van der Waals surface area (Å²) in [6, 6.07) is 0. The van der Waals surface area contributed by atoms with Gasteiger partial charge >= 0.3 is 5.97 Å². The van der Waals surface area contributed by atoms with Crippen molar-refractivity contribution in [1.29, 1.82) is 0 Å². The van der Waals surface area contributed by atoms with Gasteiger partial charge in [0, 0.05) is 0 Å². The largest absolute Gasteiger partial charge is 0.480 e. The fraction of sp³-hybridized carbons (Fsp3) is 0.938. The Morgan fingerprint density at radius 2 is 1.63 bits per heavy atom. The summed E-state index contributed by atoms with van der Waals surface area (Å²) in [5.74, 6) is 1.70. The van der Waals surface area contributed by atoms with Gasteiger partial charge in [-0.05, 0) is 56.3 Å². The monoisotopic (exact) mass is 286 g/mol. The van der Waals surface area contributed by atoms with Crippen molar-refractivity contribution in [3.8, 4) is 0 Å². The summed E-state index contributed by atoms with van der Waals surface area (Å²) in [6.07, 6.45) is 11.5. The quantitative estimate of drug-likeness (QED) is 0.751. The molecule has 0 unspecified atom stereocenters. The first-order chi connectivity index (χ1) is 9.05. The molecule has 0 aromatic heterocycles. The Kier molecular flexibility index (Phi) is 5.16. The number of carboxylic acids is 1. The van der Waals surface area contributed by atoms with Crippen LogP contribution in [0.1, 0.15) is 71.1 Å². The van der Waals surface area contributed by atoms with Crippen molar-refractivity contribution in [2.24, 2.45) is 17.8 Å². The molecule has 0 bridgehead atoms. The number of carboxylic acid groups (broad SMARTS) is 1. The first-order valence-electron chi connectivity index (χ1n) is 7.97.